The smallest absolute Gasteiger partial charge is 0.126 e. The van der Waals surface area contributed by atoms with E-state index in [1.54, 1.807) is 7.11 Å². The van der Waals surface area contributed by atoms with Crippen LogP contribution < -0.4 is 10.5 Å². The van der Waals surface area contributed by atoms with Gasteiger partial charge in [-0.15, -0.1) is 0 Å². The SMILES string of the molecule is COc1cc(C)c(-c2cnc(N)c(C)c2)cc1C. The lowest BCUT2D eigenvalue weighted by molar-refractivity contribution is 0.411. The monoisotopic (exact) mass is 242 g/mol. The normalized spacial score (nSPS) is 10.4. The molecule has 3 heteroatoms. The van der Waals surface area contributed by atoms with Gasteiger partial charge in [0.25, 0.3) is 0 Å². The van der Waals surface area contributed by atoms with Gasteiger partial charge in [0.15, 0.2) is 0 Å². The second-order valence-electron chi connectivity index (χ2n) is 4.56. The Morgan fingerprint density at radius 2 is 1.72 bits per heavy atom. The lowest BCUT2D eigenvalue weighted by Gasteiger charge is -2.12. The van der Waals surface area contributed by atoms with Gasteiger partial charge in [-0.1, -0.05) is 0 Å². The van der Waals surface area contributed by atoms with Crippen molar-refractivity contribution in [3.8, 4) is 16.9 Å². The highest BCUT2D eigenvalue weighted by atomic mass is 16.5. The molecule has 0 spiro atoms. The molecule has 0 radical (unpaired) electrons. The van der Waals surface area contributed by atoms with Crippen molar-refractivity contribution in [1.29, 1.82) is 0 Å². The number of aryl methyl sites for hydroxylation is 3. The highest BCUT2D eigenvalue weighted by Crippen LogP contribution is 2.30. The Labute approximate surface area is 108 Å². The van der Waals surface area contributed by atoms with Gasteiger partial charge in [-0.25, -0.2) is 4.98 Å². The van der Waals surface area contributed by atoms with Gasteiger partial charge in [0.05, 0.1) is 7.11 Å². The lowest BCUT2D eigenvalue weighted by Crippen LogP contribution is -1.96. The molecule has 0 saturated heterocycles. The number of nitrogens with two attached hydrogens (primary N) is 1. The Hall–Kier alpha value is -2.03. The van der Waals surface area contributed by atoms with Gasteiger partial charge in [0.2, 0.25) is 0 Å². The highest BCUT2D eigenvalue weighted by Gasteiger charge is 2.08. The zero-order chi connectivity index (χ0) is 13.3. The van der Waals surface area contributed by atoms with Crippen LogP contribution in [-0.2, 0) is 0 Å². The first kappa shape index (κ1) is 12.4. The van der Waals surface area contributed by atoms with Crippen molar-refractivity contribution >= 4 is 5.82 Å². The molecule has 0 amide bonds. The van der Waals surface area contributed by atoms with Crippen LogP contribution in [0, 0.1) is 20.8 Å². The first-order chi connectivity index (χ1) is 8.52. The summed E-state index contributed by atoms with van der Waals surface area (Å²) in [5, 5.41) is 0. The maximum absolute atomic E-state index is 5.75. The fraction of sp³-hybridized carbons (Fsp3) is 0.267. The predicted molar refractivity (Wildman–Crippen MR) is 74.8 cm³/mol. The van der Waals surface area contributed by atoms with Crippen LogP contribution in [0.25, 0.3) is 11.1 Å². The minimum absolute atomic E-state index is 0.585. The molecule has 0 aliphatic heterocycles. The Kier molecular flexibility index (Phi) is 3.24. The van der Waals surface area contributed by atoms with Gasteiger partial charge < -0.3 is 10.5 Å². The summed E-state index contributed by atoms with van der Waals surface area (Å²) in [6.07, 6.45) is 1.82. The van der Waals surface area contributed by atoms with E-state index < -0.39 is 0 Å². The molecule has 1 aromatic carbocycles. The number of benzene rings is 1. The van der Waals surface area contributed by atoms with E-state index in [9.17, 15) is 0 Å². The zero-order valence-corrected chi connectivity index (χ0v) is 11.2. The van der Waals surface area contributed by atoms with E-state index in [0.717, 1.165) is 22.4 Å². The van der Waals surface area contributed by atoms with E-state index in [0.29, 0.717) is 5.82 Å². The molecule has 0 atom stereocenters. The maximum Gasteiger partial charge on any atom is 0.126 e. The van der Waals surface area contributed by atoms with Crippen LogP contribution in [0.15, 0.2) is 24.4 Å². The van der Waals surface area contributed by atoms with Crippen LogP contribution in [0.4, 0.5) is 5.82 Å². The summed E-state index contributed by atoms with van der Waals surface area (Å²) >= 11 is 0. The van der Waals surface area contributed by atoms with E-state index in [4.69, 9.17) is 10.5 Å². The lowest BCUT2D eigenvalue weighted by atomic mass is 9.98. The Balaban J connectivity index is 2.57. The standard InChI is InChI=1S/C15H18N2O/c1-9-7-14(18-4)10(2)6-13(9)12-5-11(3)15(16)17-8-12/h5-8H,1-4H3,(H2,16,17). The number of aromatic nitrogens is 1. The minimum Gasteiger partial charge on any atom is -0.496 e. The quantitative estimate of drug-likeness (QED) is 0.879. The van der Waals surface area contributed by atoms with E-state index in [1.165, 1.54) is 11.1 Å². The molecule has 0 unspecified atom stereocenters. The average Bonchev–Trinajstić information content (AvgIpc) is 2.35. The molecular formula is C15H18N2O. The van der Waals surface area contributed by atoms with Crippen molar-refractivity contribution < 1.29 is 4.74 Å². The summed E-state index contributed by atoms with van der Waals surface area (Å²) in [7, 11) is 1.69. The van der Waals surface area contributed by atoms with Crippen molar-refractivity contribution in [2.75, 3.05) is 12.8 Å². The number of ether oxygens (including phenoxy) is 1. The Morgan fingerprint density at radius 1 is 1.00 bits per heavy atom. The number of methoxy groups -OCH3 is 1. The molecule has 0 fully saturated rings. The van der Waals surface area contributed by atoms with Crippen LogP contribution in [0.3, 0.4) is 0 Å². The first-order valence-corrected chi connectivity index (χ1v) is 5.90. The van der Waals surface area contributed by atoms with Crippen molar-refractivity contribution in [2.24, 2.45) is 0 Å². The van der Waals surface area contributed by atoms with Crippen molar-refractivity contribution in [3.05, 3.63) is 41.1 Å². The molecule has 0 bridgehead atoms. The second kappa shape index (κ2) is 4.69. The van der Waals surface area contributed by atoms with Crippen LogP contribution >= 0.6 is 0 Å². The molecule has 3 nitrogen and oxygen atoms in total. The fourth-order valence-corrected chi connectivity index (χ4v) is 2.05. The molecule has 1 aromatic heterocycles. The van der Waals surface area contributed by atoms with Gasteiger partial charge in [-0.3, -0.25) is 0 Å². The zero-order valence-electron chi connectivity index (χ0n) is 11.2. The third kappa shape index (κ3) is 2.16. The summed E-state index contributed by atoms with van der Waals surface area (Å²) < 4.78 is 5.32. The maximum atomic E-state index is 5.75. The summed E-state index contributed by atoms with van der Waals surface area (Å²) in [5.41, 5.74) is 11.3. The van der Waals surface area contributed by atoms with E-state index in [-0.39, 0.29) is 0 Å². The molecule has 0 aliphatic carbocycles. The molecule has 18 heavy (non-hydrogen) atoms. The fourth-order valence-electron chi connectivity index (χ4n) is 2.05. The predicted octanol–water partition coefficient (Wildman–Crippen LogP) is 3.26. The number of rotatable bonds is 2. The third-order valence-electron chi connectivity index (χ3n) is 3.17. The molecule has 2 aromatic rings. The van der Waals surface area contributed by atoms with E-state index >= 15 is 0 Å². The molecule has 0 aliphatic rings. The highest BCUT2D eigenvalue weighted by molar-refractivity contribution is 5.70. The summed E-state index contributed by atoms with van der Waals surface area (Å²) in [6.45, 7) is 6.08. The second-order valence-corrected chi connectivity index (χ2v) is 4.56. The topological polar surface area (TPSA) is 48.1 Å². The van der Waals surface area contributed by atoms with Crippen LogP contribution in [0.5, 0.6) is 5.75 Å². The molecule has 2 N–H and O–H groups in total. The summed E-state index contributed by atoms with van der Waals surface area (Å²) in [5.74, 6) is 1.50. The number of hydrogen-bond acceptors (Lipinski definition) is 3. The van der Waals surface area contributed by atoms with Crippen LogP contribution in [-0.4, -0.2) is 12.1 Å². The Morgan fingerprint density at radius 3 is 2.33 bits per heavy atom. The average molecular weight is 242 g/mol. The largest absolute Gasteiger partial charge is 0.496 e. The van der Waals surface area contributed by atoms with E-state index in [1.807, 2.05) is 20.0 Å². The van der Waals surface area contributed by atoms with Crippen LogP contribution in [0.2, 0.25) is 0 Å². The van der Waals surface area contributed by atoms with Gasteiger partial charge in [0.1, 0.15) is 11.6 Å². The number of nitrogens with zero attached hydrogens (tertiary/aromatic N) is 1. The van der Waals surface area contributed by atoms with Crippen molar-refractivity contribution in [2.45, 2.75) is 20.8 Å². The van der Waals surface area contributed by atoms with Gasteiger partial charge in [-0.05, 0) is 61.2 Å². The molecular weight excluding hydrogens is 224 g/mol. The van der Waals surface area contributed by atoms with E-state index in [2.05, 4.69) is 30.1 Å². The number of nitrogen functional groups attached to an aromatic ring is 1. The minimum atomic E-state index is 0.585. The van der Waals surface area contributed by atoms with Crippen molar-refractivity contribution in [1.82, 2.24) is 4.98 Å². The van der Waals surface area contributed by atoms with Crippen LogP contribution in [0.1, 0.15) is 16.7 Å². The van der Waals surface area contributed by atoms with Crippen molar-refractivity contribution in [3.63, 3.8) is 0 Å². The molecule has 0 saturated carbocycles. The molecule has 2 rings (SSSR count). The third-order valence-corrected chi connectivity index (χ3v) is 3.17. The number of hydrogen-bond donors (Lipinski definition) is 1. The Bertz CT molecular complexity index is 591. The number of pyridine rings is 1. The molecule has 94 valence electrons. The van der Waals surface area contributed by atoms with Gasteiger partial charge >= 0.3 is 0 Å². The molecule has 1 heterocycles. The first-order valence-electron chi connectivity index (χ1n) is 5.90. The summed E-state index contributed by atoms with van der Waals surface area (Å²) in [4.78, 5) is 4.21. The van der Waals surface area contributed by atoms with Gasteiger partial charge in [0, 0.05) is 11.8 Å². The van der Waals surface area contributed by atoms with Gasteiger partial charge in [-0.2, -0.15) is 0 Å². The number of anilines is 1. The summed E-state index contributed by atoms with van der Waals surface area (Å²) in [6, 6.07) is 6.24.